The molecule has 1 aliphatic heterocycles. The molecule has 0 saturated carbocycles. The van der Waals surface area contributed by atoms with Crippen LogP contribution < -0.4 is 9.62 Å². The average Bonchev–Trinajstić information content (AvgIpc) is 2.67. The largest absolute Gasteiger partial charge is 0.369 e. The van der Waals surface area contributed by atoms with Crippen LogP contribution in [0.3, 0.4) is 0 Å². The SMILES string of the molecule is CN1CCN(c2ccc(CCCNS(=O)(=O)c3ccccc3Cl)cc2)CC1. The number of rotatable bonds is 7. The zero-order chi connectivity index (χ0) is 19.3. The van der Waals surface area contributed by atoms with E-state index in [2.05, 4.69) is 45.8 Å². The summed E-state index contributed by atoms with van der Waals surface area (Å²) in [7, 11) is -1.41. The minimum absolute atomic E-state index is 0.128. The minimum atomic E-state index is -3.56. The predicted octanol–water partition coefficient (Wildman–Crippen LogP) is 3.00. The first-order chi connectivity index (χ1) is 13.0. The van der Waals surface area contributed by atoms with Gasteiger partial charge in [-0.05, 0) is 49.7 Å². The fraction of sp³-hybridized carbons (Fsp3) is 0.400. The highest BCUT2D eigenvalue weighted by molar-refractivity contribution is 7.89. The number of sulfonamides is 1. The van der Waals surface area contributed by atoms with E-state index in [1.807, 2.05) is 0 Å². The van der Waals surface area contributed by atoms with Gasteiger partial charge >= 0.3 is 0 Å². The molecule has 0 unspecified atom stereocenters. The van der Waals surface area contributed by atoms with Gasteiger partial charge in [-0.3, -0.25) is 0 Å². The lowest BCUT2D eigenvalue weighted by Gasteiger charge is -2.34. The molecule has 0 radical (unpaired) electrons. The number of halogens is 1. The van der Waals surface area contributed by atoms with Crippen molar-refractivity contribution in [1.29, 1.82) is 0 Å². The number of nitrogens with one attached hydrogen (secondary N) is 1. The van der Waals surface area contributed by atoms with Crippen LogP contribution in [0.15, 0.2) is 53.4 Å². The highest BCUT2D eigenvalue weighted by atomic mass is 35.5. The van der Waals surface area contributed by atoms with Crippen LogP contribution in [-0.2, 0) is 16.4 Å². The third kappa shape index (κ3) is 5.45. The fourth-order valence-electron chi connectivity index (χ4n) is 3.18. The van der Waals surface area contributed by atoms with Gasteiger partial charge in [-0.2, -0.15) is 0 Å². The summed E-state index contributed by atoms with van der Waals surface area (Å²) in [6.45, 7) is 4.67. The van der Waals surface area contributed by atoms with Gasteiger partial charge in [-0.1, -0.05) is 35.9 Å². The number of nitrogens with zero attached hydrogens (tertiary/aromatic N) is 2. The monoisotopic (exact) mass is 407 g/mol. The number of anilines is 1. The van der Waals surface area contributed by atoms with E-state index < -0.39 is 10.0 Å². The molecule has 27 heavy (non-hydrogen) atoms. The van der Waals surface area contributed by atoms with Crippen molar-refractivity contribution in [1.82, 2.24) is 9.62 Å². The molecule has 1 heterocycles. The normalized spacial score (nSPS) is 15.9. The Kier molecular flexibility index (Phi) is 6.76. The van der Waals surface area contributed by atoms with Crippen molar-refractivity contribution < 1.29 is 8.42 Å². The molecule has 0 spiro atoms. The van der Waals surface area contributed by atoms with Gasteiger partial charge < -0.3 is 9.80 Å². The molecule has 1 saturated heterocycles. The molecule has 7 heteroatoms. The maximum atomic E-state index is 12.3. The second-order valence-electron chi connectivity index (χ2n) is 6.89. The molecule has 0 aliphatic carbocycles. The summed E-state index contributed by atoms with van der Waals surface area (Å²) in [5, 5.41) is 0.240. The summed E-state index contributed by atoms with van der Waals surface area (Å²) in [5.74, 6) is 0. The van der Waals surface area contributed by atoms with Crippen molar-refractivity contribution in [3.63, 3.8) is 0 Å². The molecule has 5 nitrogen and oxygen atoms in total. The van der Waals surface area contributed by atoms with Gasteiger partial charge in [0.1, 0.15) is 4.90 Å². The van der Waals surface area contributed by atoms with Crippen molar-refractivity contribution >= 4 is 27.3 Å². The van der Waals surface area contributed by atoms with Crippen LogP contribution in [0, 0.1) is 0 Å². The van der Waals surface area contributed by atoms with Crippen LogP contribution in [-0.4, -0.2) is 53.1 Å². The summed E-state index contributed by atoms with van der Waals surface area (Å²) >= 11 is 5.98. The molecule has 1 N–H and O–H groups in total. The quantitative estimate of drug-likeness (QED) is 0.717. The van der Waals surface area contributed by atoms with E-state index in [0.717, 1.165) is 39.0 Å². The maximum Gasteiger partial charge on any atom is 0.242 e. The number of benzene rings is 2. The van der Waals surface area contributed by atoms with E-state index in [1.54, 1.807) is 18.2 Å². The smallest absolute Gasteiger partial charge is 0.242 e. The van der Waals surface area contributed by atoms with E-state index in [4.69, 9.17) is 11.6 Å². The molecule has 3 rings (SSSR count). The lowest BCUT2D eigenvalue weighted by molar-refractivity contribution is 0.313. The van der Waals surface area contributed by atoms with E-state index in [-0.39, 0.29) is 9.92 Å². The van der Waals surface area contributed by atoms with Gasteiger partial charge in [0.05, 0.1) is 5.02 Å². The Morgan fingerprint density at radius 3 is 2.33 bits per heavy atom. The summed E-state index contributed by atoms with van der Waals surface area (Å²) in [5.41, 5.74) is 2.47. The maximum absolute atomic E-state index is 12.3. The number of hydrogen-bond acceptors (Lipinski definition) is 4. The van der Waals surface area contributed by atoms with Crippen LogP contribution in [0.2, 0.25) is 5.02 Å². The van der Waals surface area contributed by atoms with E-state index in [9.17, 15) is 8.42 Å². The van der Waals surface area contributed by atoms with E-state index in [0.29, 0.717) is 6.54 Å². The molecule has 1 fully saturated rings. The third-order valence-electron chi connectivity index (χ3n) is 4.87. The van der Waals surface area contributed by atoms with Crippen LogP contribution in [0.25, 0.3) is 0 Å². The molecule has 1 aliphatic rings. The molecule has 0 bridgehead atoms. The zero-order valence-corrected chi connectivity index (χ0v) is 17.1. The Labute approximate surface area is 167 Å². The van der Waals surface area contributed by atoms with Gasteiger partial charge in [-0.25, -0.2) is 13.1 Å². The van der Waals surface area contributed by atoms with Gasteiger partial charge in [0.15, 0.2) is 0 Å². The molecule has 2 aromatic carbocycles. The number of hydrogen-bond donors (Lipinski definition) is 1. The lowest BCUT2D eigenvalue weighted by atomic mass is 10.1. The summed E-state index contributed by atoms with van der Waals surface area (Å²) in [4.78, 5) is 4.87. The number of piperazine rings is 1. The zero-order valence-electron chi connectivity index (χ0n) is 15.6. The number of aryl methyl sites for hydroxylation is 1. The van der Waals surface area contributed by atoms with E-state index in [1.165, 1.54) is 17.3 Å². The predicted molar refractivity (Wildman–Crippen MR) is 111 cm³/mol. The Hall–Kier alpha value is -1.60. The summed E-state index contributed by atoms with van der Waals surface area (Å²) in [6, 6.07) is 15.1. The van der Waals surface area contributed by atoms with Crippen LogP contribution in [0.1, 0.15) is 12.0 Å². The summed E-state index contributed by atoms with van der Waals surface area (Å²) in [6.07, 6.45) is 1.56. The second kappa shape index (κ2) is 9.06. The average molecular weight is 408 g/mol. The Morgan fingerprint density at radius 2 is 1.67 bits per heavy atom. The molecule has 146 valence electrons. The second-order valence-corrected chi connectivity index (χ2v) is 9.03. The first-order valence-corrected chi connectivity index (χ1v) is 11.1. The Bertz CT molecular complexity index is 848. The van der Waals surface area contributed by atoms with Crippen molar-refractivity contribution in [2.45, 2.75) is 17.7 Å². The third-order valence-corrected chi connectivity index (χ3v) is 6.83. The molecule has 0 aromatic heterocycles. The molecule has 0 atom stereocenters. The van der Waals surface area contributed by atoms with Crippen molar-refractivity contribution in [3.05, 3.63) is 59.1 Å². The van der Waals surface area contributed by atoms with Gasteiger partial charge in [0, 0.05) is 38.4 Å². The minimum Gasteiger partial charge on any atom is -0.369 e. The lowest BCUT2D eigenvalue weighted by Crippen LogP contribution is -2.44. The highest BCUT2D eigenvalue weighted by Crippen LogP contribution is 2.20. The van der Waals surface area contributed by atoms with Crippen LogP contribution in [0.4, 0.5) is 5.69 Å². The standard InChI is InChI=1S/C20H26ClN3O2S/c1-23-13-15-24(16-14-23)18-10-8-17(9-11-18)5-4-12-22-27(25,26)20-7-3-2-6-19(20)21/h2-3,6-11,22H,4-5,12-16H2,1H3. The van der Waals surface area contributed by atoms with Gasteiger partial charge in [0.25, 0.3) is 0 Å². The Morgan fingerprint density at radius 1 is 1.00 bits per heavy atom. The molecular formula is C20H26ClN3O2S. The first-order valence-electron chi connectivity index (χ1n) is 9.22. The van der Waals surface area contributed by atoms with Gasteiger partial charge in [-0.15, -0.1) is 0 Å². The van der Waals surface area contributed by atoms with E-state index >= 15 is 0 Å². The van der Waals surface area contributed by atoms with Crippen LogP contribution >= 0.6 is 11.6 Å². The fourth-order valence-corrected chi connectivity index (χ4v) is 4.77. The molecule has 2 aromatic rings. The molecular weight excluding hydrogens is 382 g/mol. The Balaban J connectivity index is 1.47. The topological polar surface area (TPSA) is 52.6 Å². The summed E-state index contributed by atoms with van der Waals surface area (Å²) < 4.78 is 27.2. The van der Waals surface area contributed by atoms with Gasteiger partial charge in [0.2, 0.25) is 10.0 Å². The first kappa shape index (κ1) is 20.1. The van der Waals surface area contributed by atoms with Crippen molar-refractivity contribution in [2.24, 2.45) is 0 Å². The highest BCUT2D eigenvalue weighted by Gasteiger charge is 2.16. The molecule has 0 amide bonds. The number of likely N-dealkylation sites (N-methyl/N-ethyl adjacent to an activating group) is 1. The van der Waals surface area contributed by atoms with Crippen LogP contribution in [0.5, 0.6) is 0 Å². The van der Waals surface area contributed by atoms with Crippen molar-refractivity contribution in [2.75, 3.05) is 44.7 Å². The van der Waals surface area contributed by atoms with Crippen molar-refractivity contribution in [3.8, 4) is 0 Å².